The topological polar surface area (TPSA) is 56.0 Å². The van der Waals surface area contributed by atoms with E-state index in [-0.39, 0.29) is 15.9 Å². The van der Waals surface area contributed by atoms with Crippen molar-refractivity contribution in [2.75, 3.05) is 0 Å². The summed E-state index contributed by atoms with van der Waals surface area (Å²) in [6.45, 7) is 0. The Hall–Kier alpha value is -0.820. The molecular weight excluding hydrogens is 297 g/mol. The van der Waals surface area contributed by atoms with Crippen LogP contribution in [0.1, 0.15) is 17.7 Å². The lowest BCUT2D eigenvalue weighted by Crippen LogP contribution is -2.02. The van der Waals surface area contributed by atoms with Gasteiger partial charge in [-0.05, 0) is 31.9 Å². The van der Waals surface area contributed by atoms with Gasteiger partial charge in [-0.2, -0.15) is 0 Å². The lowest BCUT2D eigenvalue weighted by atomic mass is 10.2. The van der Waals surface area contributed by atoms with Crippen LogP contribution < -0.4 is 0 Å². The molecular formula is C7H4BrClF2N2O2. The smallest absolute Gasteiger partial charge is 0.358 e. The third-order valence-corrected chi connectivity index (χ3v) is 2.51. The molecule has 0 aliphatic carbocycles. The van der Waals surface area contributed by atoms with Gasteiger partial charge in [-0.15, -0.1) is 11.6 Å². The minimum atomic E-state index is -2.87. The highest BCUT2D eigenvalue weighted by atomic mass is 79.9. The predicted molar refractivity (Wildman–Crippen MR) is 53.1 cm³/mol. The third-order valence-electron chi connectivity index (χ3n) is 1.58. The number of halogens is 4. The minimum Gasteiger partial charge on any atom is -0.358 e. The van der Waals surface area contributed by atoms with E-state index in [1.807, 2.05) is 0 Å². The van der Waals surface area contributed by atoms with E-state index in [2.05, 4.69) is 20.9 Å². The highest BCUT2D eigenvalue weighted by molar-refractivity contribution is 9.10. The first-order valence-electron chi connectivity index (χ1n) is 3.65. The molecule has 0 aromatic carbocycles. The molecule has 0 bridgehead atoms. The lowest BCUT2D eigenvalue weighted by molar-refractivity contribution is -0.390. The Morgan fingerprint density at radius 3 is 2.67 bits per heavy atom. The highest BCUT2D eigenvalue weighted by Crippen LogP contribution is 2.30. The second kappa shape index (κ2) is 4.80. The molecule has 0 atom stereocenters. The quantitative estimate of drug-likeness (QED) is 0.488. The number of aromatic nitrogens is 1. The van der Waals surface area contributed by atoms with E-state index in [9.17, 15) is 18.9 Å². The number of hydrogen-bond donors (Lipinski definition) is 0. The highest BCUT2D eigenvalue weighted by Gasteiger charge is 2.25. The Morgan fingerprint density at radius 1 is 1.67 bits per heavy atom. The summed E-state index contributed by atoms with van der Waals surface area (Å²) < 4.78 is 24.7. The summed E-state index contributed by atoms with van der Waals surface area (Å²) in [7, 11) is 0. The van der Waals surface area contributed by atoms with Crippen LogP contribution >= 0.6 is 27.5 Å². The molecule has 0 aliphatic heterocycles. The SMILES string of the molecule is O=[N+]([O-])c1nc(C(F)F)c(Br)cc1CCl. The normalized spacial score (nSPS) is 10.7. The number of rotatable bonds is 3. The van der Waals surface area contributed by atoms with Crippen molar-refractivity contribution in [1.82, 2.24) is 4.98 Å². The molecule has 0 N–H and O–H groups in total. The number of nitrogens with zero attached hydrogens (tertiary/aromatic N) is 2. The second-order valence-corrected chi connectivity index (χ2v) is 3.65. The van der Waals surface area contributed by atoms with Gasteiger partial charge in [-0.3, -0.25) is 0 Å². The molecule has 1 aromatic heterocycles. The first kappa shape index (κ1) is 12.3. The largest absolute Gasteiger partial charge is 0.368 e. The summed E-state index contributed by atoms with van der Waals surface area (Å²) in [5, 5.41) is 10.5. The van der Waals surface area contributed by atoms with Crippen molar-refractivity contribution in [2.45, 2.75) is 12.3 Å². The maximum atomic E-state index is 12.4. The van der Waals surface area contributed by atoms with Crippen molar-refractivity contribution in [3.8, 4) is 0 Å². The Balaban J connectivity index is 3.37. The van der Waals surface area contributed by atoms with Crippen LogP contribution in [0.3, 0.4) is 0 Å². The van der Waals surface area contributed by atoms with Gasteiger partial charge in [0.05, 0.1) is 15.9 Å². The average Bonchev–Trinajstić information content (AvgIpc) is 2.16. The van der Waals surface area contributed by atoms with Crippen molar-refractivity contribution in [3.63, 3.8) is 0 Å². The van der Waals surface area contributed by atoms with E-state index >= 15 is 0 Å². The Morgan fingerprint density at radius 2 is 2.27 bits per heavy atom. The van der Waals surface area contributed by atoms with Crippen LogP contribution in [0.15, 0.2) is 10.5 Å². The Kier molecular flexibility index (Phi) is 3.92. The maximum absolute atomic E-state index is 12.4. The van der Waals surface area contributed by atoms with Crippen LogP contribution in [-0.2, 0) is 5.88 Å². The fourth-order valence-corrected chi connectivity index (χ4v) is 1.67. The molecule has 1 heterocycles. The molecule has 0 spiro atoms. The first-order valence-corrected chi connectivity index (χ1v) is 4.98. The molecule has 1 aromatic rings. The molecule has 15 heavy (non-hydrogen) atoms. The molecule has 0 amide bonds. The van der Waals surface area contributed by atoms with Gasteiger partial charge in [0, 0.05) is 0 Å². The number of hydrogen-bond acceptors (Lipinski definition) is 3. The average molecular weight is 301 g/mol. The predicted octanol–water partition coefficient (Wildman–Crippen LogP) is 3.43. The van der Waals surface area contributed by atoms with Crippen molar-refractivity contribution in [1.29, 1.82) is 0 Å². The zero-order chi connectivity index (χ0) is 11.6. The van der Waals surface area contributed by atoms with Crippen LogP contribution in [0.5, 0.6) is 0 Å². The van der Waals surface area contributed by atoms with Crippen molar-refractivity contribution in [2.24, 2.45) is 0 Å². The molecule has 1 rings (SSSR count). The van der Waals surface area contributed by atoms with Crippen LogP contribution in [0.4, 0.5) is 14.6 Å². The number of alkyl halides is 3. The molecule has 4 nitrogen and oxygen atoms in total. The Labute approximate surface area is 96.5 Å². The summed E-state index contributed by atoms with van der Waals surface area (Å²) in [6.07, 6.45) is -2.87. The lowest BCUT2D eigenvalue weighted by Gasteiger charge is -2.02. The van der Waals surface area contributed by atoms with Gasteiger partial charge in [0.25, 0.3) is 0 Å². The molecule has 8 heteroatoms. The van der Waals surface area contributed by atoms with Crippen LogP contribution in [0.25, 0.3) is 0 Å². The molecule has 0 saturated heterocycles. The van der Waals surface area contributed by atoms with Crippen molar-refractivity contribution < 1.29 is 13.7 Å². The summed E-state index contributed by atoms with van der Waals surface area (Å²) in [6, 6.07) is 1.18. The molecule has 0 saturated carbocycles. The number of pyridine rings is 1. The third kappa shape index (κ3) is 2.60. The fraction of sp³-hybridized carbons (Fsp3) is 0.286. The van der Waals surface area contributed by atoms with E-state index in [1.165, 1.54) is 6.07 Å². The minimum absolute atomic E-state index is 0.0127. The van der Waals surface area contributed by atoms with Gasteiger partial charge in [0.2, 0.25) is 5.69 Å². The van der Waals surface area contributed by atoms with E-state index in [4.69, 9.17) is 11.6 Å². The standard InChI is InChI=1S/C7H4BrClF2N2O2/c8-4-1-3(2-9)7(13(14)15)12-5(4)6(10)11/h1,6H,2H2. The number of nitro groups is 1. The van der Waals surface area contributed by atoms with Crippen LogP contribution in [-0.4, -0.2) is 9.91 Å². The van der Waals surface area contributed by atoms with E-state index in [1.54, 1.807) is 0 Å². The van der Waals surface area contributed by atoms with Crippen LogP contribution in [0.2, 0.25) is 0 Å². The zero-order valence-electron chi connectivity index (χ0n) is 7.08. The van der Waals surface area contributed by atoms with E-state index < -0.39 is 22.9 Å². The van der Waals surface area contributed by atoms with Gasteiger partial charge in [0.1, 0.15) is 0 Å². The van der Waals surface area contributed by atoms with Gasteiger partial charge in [-0.1, -0.05) is 0 Å². The molecule has 82 valence electrons. The summed E-state index contributed by atoms with van der Waals surface area (Å²) in [5.74, 6) is -0.797. The Bertz CT molecular complexity index is 403. The monoisotopic (exact) mass is 300 g/mol. The maximum Gasteiger partial charge on any atom is 0.368 e. The molecule has 0 fully saturated rings. The summed E-state index contributed by atoms with van der Waals surface area (Å²) >= 11 is 8.28. The van der Waals surface area contributed by atoms with Crippen LogP contribution in [0, 0.1) is 10.1 Å². The van der Waals surface area contributed by atoms with Crippen molar-refractivity contribution in [3.05, 3.63) is 31.9 Å². The zero-order valence-corrected chi connectivity index (χ0v) is 9.43. The van der Waals surface area contributed by atoms with Gasteiger partial charge >= 0.3 is 12.2 Å². The summed E-state index contributed by atoms with van der Waals surface area (Å²) in [4.78, 5) is 12.9. The molecule has 0 aliphatic rings. The second-order valence-electron chi connectivity index (χ2n) is 2.53. The van der Waals surface area contributed by atoms with Gasteiger partial charge < -0.3 is 10.1 Å². The van der Waals surface area contributed by atoms with Crippen molar-refractivity contribution >= 4 is 33.3 Å². The summed E-state index contributed by atoms with van der Waals surface area (Å²) in [5.41, 5.74) is -0.562. The van der Waals surface area contributed by atoms with E-state index in [0.29, 0.717) is 0 Å². The fourth-order valence-electron chi connectivity index (χ4n) is 0.940. The van der Waals surface area contributed by atoms with E-state index in [0.717, 1.165) is 0 Å². The van der Waals surface area contributed by atoms with Gasteiger partial charge in [-0.25, -0.2) is 8.78 Å². The van der Waals surface area contributed by atoms with Gasteiger partial charge in [0.15, 0.2) is 0 Å². The molecule has 0 radical (unpaired) electrons. The molecule has 0 unspecified atom stereocenters. The first-order chi connectivity index (χ1) is 6.97.